The molecule has 0 saturated heterocycles. The van der Waals surface area contributed by atoms with Crippen LogP contribution in [0.1, 0.15) is 10.4 Å². The quantitative estimate of drug-likeness (QED) is 0.838. The van der Waals surface area contributed by atoms with Crippen molar-refractivity contribution in [1.29, 1.82) is 0 Å². The number of sulfone groups is 1. The summed E-state index contributed by atoms with van der Waals surface area (Å²) in [6.45, 7) is 0. The number of ether oxygens (including phenoxy) is 1. The number of hydrogen-bond acceptors (Lipinski definition) is 5. The van der Waals surface area contributed by atoms with Gasteiger partial charge in [0.15, 0.2) is 15.6 Å². The zero-order chi connectivity index (χ0) is 15.6. The predicted octanol–water partition coefficient (Wildman–Crippen LogP) is 2.16. The van der Waals surface area contributed by atoms with Crippen LogP contribution in [-0.2, 0) is 9.84 Å². The van der Waals surface area contributed by atoms with E-state index in [-0.39, 0.29) is 21.9 Å². The van der Waals surface area contributed by atoms with Gasteiger partial charge in [-0.25, -0.2) is 13.2 Å². The van der Waals surface area contributed by atoms with E-state index in [4.69, 9.17) is 15.6 Å². The Hall–Kier alpha value is -2.54. The summed E-state index contributed by atoms with van der Waals surface area (Å²) >= 11 is 0. The number of carbonyl (C=O) groups is 1. The number of carboxylic acids is 1. The lowest BCUT2D eigenvalue weighted by molar-refractivity contribution is 0.0696. The van der Waals surface area contributed by atoms with Crippen LogP contribution in [0.3, 0.4) is 0 Å². The average Bonchev–Trinajstić information content (AvgIpc) is 2.40. The lowest BCUT2D eigenvalue weighted by Crippen LogP contribution is -2.07. The summed E-state index contributed by atoms with van der Waals surface area (Å²) in [5.74, 6) is -0.941. The van der Waals surface area contributed by atoms with Crippen LogP contribution in [0.25, 0.3) is 0 Å². The number of aromatic carboxylic acids is 1. The Morgan fingerprint density at radius 1 is 1.19 bits per heavy atom. The molecular weight excluding hydrogens is 294 g/mol. The van der Waals surface area contributed by atoms with Crippen molar-refractivity contribution in [2.75, 3.05) is 12.0 Å². The molecule has 2 rings (SSSR count). The molecule has 0 aliphatic heterocycles. The van der Waals surface area contributed by atoms with Crippen LogP contribution < -0.4 is 10.5 Å². The van der Waals surface area contributed by atoms with Crippen LogP contribution >= 0.6 is 0 Å². The summed E-state index contributed by atoms with van der Waals surface area (Å²) in [6, 6.07) is 10.7. The zero-order valence-electron chi connectivity index (χ0n) is 11.1. The number of nitrogen functional groups attached to an aromatic ring is 1. The first-order valence-electron chi connectivity index (χ1n) is 5.89. The first kappa shape index (κ1) is 14.9. The highest BCUT2D eigenvalue weighted by molar-refractivity contribution is 7.90. The molecule has 3 N–H and O–H groups in total. The lowest BCUT2D eigenvalue weighted by atomic mass is 10.2. The Labute approximate surface area is 121 Å². The van der Waals surface area contributed by atoms with E-state index >= 15 is 0 Å². The summed E-state index contributed by atoms with van der Waals surface area (Å²) in [5, 5.41) is 8.99. The molecule has 0 aromatic heterocycles. The van der Waals surface area contributed by atoms with Crippen LogP contribution in [0, 0.1) is 0 Å². The van der Waals surface area contributed by atoms with Crippen molar-refractivity contribution >= 4 is 21.5 Å². The normalized spacial score (nSPS) is 11.1. The fraction of sp³-hybridized carbons (Fsp3) is 0.0714. The van der Waals surface area contributed by atoms with Crippen LogP contribution in [0.2, 0.25) is 0 Å². The van der Waals surface area contributed by atoms with Crippen molar-refractivity contribution in [3.8, 4) is 11.5 Å². The number of anilines is 1. The molecule has 0 heterocycles. The molecule has 0 aliphatic carbocycles. The highest BCUT2D eigenvalue weighted by Crippen LogP contribution is 2.35. The maximum absolute atomic E-state index is 11.8. The molecule has 0 saturated carbocycles. The van der Waals surface area contributed by atoms with Gasteiger partial charge in [0.25, 0.3) is 0 Å². The lowest BCUT2D eigenvalue weighted by Gasteiger charge is -2.13. The largest absolute Gasteiger partial charge is 0.478 e. The molecular formula is C14H13NO5S. The Kier molecular flexibility index (Phi) is 3.86. The molecule has 0 bridgehead atoms. The standard InChI is InChI=1S/C14H13NO5S/c1-21(18,19)12-8-9(14(16)17)7-11(15)13(12)20-10-5-3-2-4-6-10/h2-8H,15H2,1H3,(H,16,17). The fourth-order valence-corrected chi connectivity index (χ4v) is 2.58. The maximum atomic E-state index is 11.8. The summed E-state index contributed by atoms with van der Waals surface area (Å²) in [5.41, 5.74) is 5.48. The summed E-state index contributed by atoms with van der Waals surface area (Å²) in [4.78, 5) is 10.8. The number of carboxylic acid groups (broad SMARTS) is 1. The monoisotopic (exact) mass is 307 g/mol. The Morgan fingerprint density at radius 2 is 1.81 bits per heavy atom. The van der Waals surface area contributed by atoms with E-state index in [1.54, 1.807) is 30.3 Å². The summed E-state index contributed by atoms with van der Waals surface area (Å²) in [7, 11) is -3.70. The third kappa shape index (κ3) is 3.32. The summed E-state index contributed by atoms with van der Waals surface area (Å²) < 4.78 is 29.2. The molecule has 0 fully saturated rings. The molecule has 0 atom stereocenters. The minimum Gasteiger partial charge on any atom is -0.478 e. The third-order valence-electron chi connectivity index (χ3n) is 2.69. The maximum Gasteiger partial charge on any atom is 0.335 e. The van der Waals surface area contributed by atoms with E-state index in [0.717, 1.165) is 18.4 Å². The first-order valence-corrected chi connectivity index (χ1v) is 7.78. The first-order chi connectivity index (χ1) is 9.79. The van der Waals surface area contributed by atoms with Crippen molar-refractivity contribution < 1.29 is 23.1 Å². The van der Waals surface area contributed by atoms with Crippen molar-refractivity contribution in [2.45, 2.75) is 4.90 Å². The number of para-hydroxylation sites is 1. The minimum atomic E-state index is -3.70. The predicted molar refractivity (Wildman–Crippen MR) is 77.4 cm³/mol. The average molecular weight is 307 g/mol. The van der Waals surface area contributed by atoms with E-state index in [2.05, 4.69) is 0 Å². The molecule has 6 nitrogen and oxygen atoms in total. The SMILES string of the molecule is CS(=O)(=O)c1cc(C(=O)O)cc(N)c1Oc1ccccc1. The van der Waals surface area contributed by atoms with Gasteiger partial charge in [0.2, 0.25) is 0 Å². The van der Waals surface area contributed by atoms with Crippen LogP contribution in [0.4, 0.5) is 5.69 Å². The number of benzene rings is 2. The zero-order valence-corrected chi connectivity index (χ0v) is 11.9. The van der Waals surface area contributed by atoms with Gasteiger partial charge < -0.3 is 15.6 Å². The Bertz CT molecular complexity index is 785. The molecule has 0 amide bonds. The van der Waals surface area contributed by atoms with Gasteiger partial charge in [-0.15, -0.1) is 0 Å². The smallest absolute Gasteiger partial charge is 0.335 e. The molecule has 21 heavy (non-hydrogen) atoms. The van der Waals surface area contributed by atoms with Crippen molar-refractivity contribution in [2.24, 2.45) is 0 Å². The molecule has 0 spiro atoms. The van der Waals surface area contributed by atoms with E-state index in [9.17, 15) is 13.2 Å². The fourth-order valence-electron chi connectivity index (χ4n) is 1.74. The van der Waals surface area contributed by atoms with Gasteiger partial charge in [0.05, 0.1) is 11.3 Å². The van der Waals surface area contributed by atoms with Gasteiger partial charge in [-0.1, -0.05) is 18.2 Å². The van der Waals surface area contributed by atoms with Gasteiger partial charge in [0, 0.05) is 6.26 Å². The second-order valence-electron chi connectivity index (χ2n) is 4.39. The van der Waals surface area contributed by atoms with Gasteiger partial charge in [-0.05, 0) is 24.3 Å². The minimum absolute atomic E-state index is 0.0563. The highest BCUT2D eigenvalue weighted by atomic mass is 32.2. The van der Waals surface area contributed by atoms with E-state index < -0.39 is 15.8 Å². The van der Waals surface area contributed by atoms with Gasteiger partial charge in [0.1, 0.15) is 10.6 Å². The molecule has 2 aromatic rings. The second kappa shape index (κ2) is 5.45. The van der Waals surface area contributed by atoms with E-state index in [1.165, 1.54) is 0 Å². The van der Waals surface area contributed by atoms with E-state index in [0.29, 0.717) is 5.75 Å². The molecule has 0 aliphatic rings. The number of hydrogen-bond donors (Lipinski definition) is 2. The molecule has 110 valence electrons. The van der Waals surface area contributed by atoms with Crippen molar-refractivity contribution in [1.82, 2.24) is 0 Å². The second-order valence-corrected chi connectivity index (χ2v) is 6.37. The number of nitrogens with two attached hydrogens (primary N) is 1. The Morgan fingerprint density at radius 3 is 2.33 bits per heavy atom. The Balaban J connectivity index is 2.62. The van der Waals surface area contributed by atoms with Gasteiger partial charge >= 0.3 is 5.97 Å². The molecule has 7 heteroatoms. The van der Waals surface area contributed by atoms with Gasteiger partial charge in [-0.3, -0.25) is 0 Å². The van der Waals surface area contributed by atoms with E-state index in [1.807, 2.05) is 0 Å². The van der Waals surface area contributed by atoms with Crippen LogP contribution in [-0.4, -0.2) is 25.7 Å². The van der Waals surface area contributed by atoms with Crippen molar-refractivity contribution in [3.05, 3.63) is 48.0 Å². The van der Waals surface area contributed by atoms with Crippen LogP contribution in [0.5, 0.6) is 11.5 Å². The number of rotatable bonds is 4. The summed E-state index contributed by atoms with van der Waals surface area (Å²) in [6.07, 6.45) is 0.964. The topological polar surface area (TPSA) is 107 Å². The third-order valence-corrected chi connectivity index (χ3v) is 3.80. The van der Waals surface area contributed by atoms with Crippen LogP contribution in [0.15, 0.2) is 47.4 Å². The molecule has 2 aromatic carbocycles. The molecule has 0 unspecified atom stereocenters. The highest BCUT2D eigenvalue weighted by Gasteiger charge is 2.21. The molecule has 0 radical (unpaired) electrons. The van der Waals surface area contributed by atoms with Gasteiger partial charge in [-0.2, -0.15) is 0 Å². The van der Waals surface area contributed by atoms with Crippen molar-refractivity contribution in [3.63, 3.8) is 0 Å².